The van der Waals surface area contributed by atoms with Gasteiger partial charge in [-0.2, -0.15) is 0 Å². The molecule has 2 rings (SSSR count). The Kier molecular flexibility index (Phi) is 3.06. The molecule has 0 nitrogen and oxygen atoms in total. The van der Waals surface area contributed by atoms with Crippen molar-refractivity contribution >= 4 is 22.7 Å². The van der Waals surface area contributed by atoms with Crippen molar-refractivity contribution in [2.75, 3.05) is 0 Å². The molecule has 0 saturated heterocycles. The minimum absolute atomic E-state index is 0.107. The Labute approximate surface area is 96.9 Å². The summed E-state index contributed by atoms with van der Waals surface area (Å²) in [5.74, 6) is 0. The summed E-state index contributed by atoms with van der Waals surface area (Å²) in [6.45, 7) is 4.34. The summed E-state index contributed by atoms with van der Waals surface area (Å²) in [7, 11) is 0. The lowest BCUT2D eigenvalue weighted by molar-refractivity contribution is -0.585. The number of hydrogen-bond acceptors (Lipinski definition) is 2. The Bertz CT molecular complexity index is 362. The number of aryl methyl sites for hydroxylation is 2. The van der Waals surface area contributed by atoms with Crippen LogP contribution in [0, 0.1) is 19.6 Å². The Hall–Kier alpha value is 0.130. The molecule has 0 aromatic carbocycles. The van der Waals surface area contributed by atoms with Gasteiger partial charge in [0.25, 0.3) is 0 Å². The van der Waals surface area contributed by atoms with Crippen molar-refractivity contribution in [1.82, 2.24) is 0 Å². The van der Waals surface area contributed by atoms with Gasteiger partial charge in [-0.15, -0.1) is 0 Å². The van der Waals surface area contributed by atoms with Gasteiger partial charge in [0.05, 0.1) is 0 Å². The second-order valence-corrected chi connectivity index (χ2v) is 9.10. The maximum Gasteiger partial charge on any atom is 0.381 e. The second kappa shape index (κ2) is 4.11. The Morgan fingerprint density at radius 3 is 1.69 bits per heavy atom. The van der Waals surface area contributed by atoms with Gasteiger partial charge in [-0.1, -0.05) is 22.7 Å². The van der Waals surface area contributed by atoms with Crippen LogP contribution in [0.4, 0.5) is 0 Å². The molecule has 13 heavy (non-hydrogen) atoms. The minimum Gasteiger partial charge on any atom is -0.0960 e. The minimum atomic E-state index is 0.107. The van der Waals surface area contributed by atoms with Crippen LogP contribution in [0.25, 0.3) is 0 Å². The van der Waals surface area contributed by atoms with Crippen LogP contribution in [-0.2, 0) is 0 Å². The third kappa shape index (κ3) is 2.54. The monoisotopic (exact) mass is 321 g/mol. The molecule has 0 bridgehead atoms. The number of halogens is 1. The van der Waals surface area contributed by atoms with Crippen LogP contribution < -0.4 is 21.2 Å². The summed E-state index contributed by atoms with van der Waals surface area (Å²) >= 11 is 3.93. The predicted molar refractivity (Wildman–Crippen MR) is 55.5 cm³/mol. The highest BCUT2D eigenvalue weighted by atomic mass is 127. The molecule has 0 atom stereocenters. The fraction of sp³-hybridized carbons (Fsp3) is 0.200. The molecule has 0 aliphatic heterocycles. The van der Waals surface area contributed by atoms with Crippen LogP contribution in [0.15, 0.2) is 22.9 Å². The number of rotatable bonds is 2. The van der Waals surface area contributed by atoms with Gasteiger partial charge in [-0.3, -0.25) is 0 Å². The van der Waals surface area contributed by atoms with Crippen molar-refractivity contribution in [3.8, 4) is 0 Å². The number of hydrogen-bond donors (Lipinski definition) is 0. The zero-order valence-corrected chi connectivity index (χ0v) is 11.3. The van der Waals surface area contributed by atoms with Crippen LogP contribution >= 0.6 is 22.7 Å². The molecule has 0 radical (unpaired) electrons. The molecule has 2 aromatic rings. The first-order chi connectivity index (χ1) is 6.24. The van der Waals surface area contributed by atoms with E-state index in [9.17, 15) is 0 Å². The van der Waals surface area contributed by atoms with Gasteiger partial charge in [-0.05, 0) is 35.7 Å². The summed E-state index contributed by atoms with van der Waals surface area (Å²) in [4.78, 5) is 0. The van der Waals surface area contributed by atoms with Gasteiger partial charge in [-0.25, -0.2) is 0 Å². The average molecular weight is 321 g/mol. The zero-order chi connectivity index (χ0) is 9.26. The van der Waals surface area contributed by atoms with Gasteiger partial charge in [0.15, 0.2) is 0 Å². The summed E-state index contributed by atoms with van der Waals surface area (Å²) in [6.07, 6.45) is 0. The van der Waals surface area contributed by atoms with E-state index in [-0.39, 0.29) is 21.2 Å². The quantitative estimate of drug-likeness (QED) is 0.709. The molecular formula is C10H10IS2+. The molecule has 0 N–H and O–H groups in total. The largest absolute Gasteiger partial charge is 0.381 e. The third-order valence-corrected chi connectivity index (χ3v) is 7.50. The highest BCUT2D eigenvalue weighted by Gasteiger charge is 2.18. The molecule has 0 spiro atoms. The van der Waals surface area contributed by atoms with E-state index in [2.05, 4.69) is 36.7 Å². The standard InChI is InChI=1S/C10H10IS2/c1-7-3-9(12-5-7)11-10-4-8(2)6-13-10/h3-6H,1-2H3/q+1. The first-order valence-electron chi connectivity index (χ1n) is 3.99. The van der Waals surface area contributed by atoms with Crippen LogP contribution in [0.5, 0.6) is 0 Å². The lowest BCUT2D eigenvalue weighted by atomic mass is 10.4. The lowest BCUT2D eigenvalue weighted by Gasteiger charge is -1.72. The van der Waals surface area contributed by atoms with Crippen molar-refractivity contribution in [2.45, 2.75) is 13.8 Å². The molecule has 3 heteroatoms. The topological polar surface area (TPSA) is 0 Å². The van der Waals surface area contributed by atoms with Crippen molar-refractivity contribution < 1.29 is 21.2 Å². The van der Waals surface area contributed by atoms with E-state index in [1.807, 2.05) is 22.7 Å². The van der Waals surface area contributed by atoms with E-state index >= 15 is 0 Å². The van der Waals surface area contributed by atoms with E-state index in [0.29, 0.717) is 0 Å². The Balaban J connectivity index is 2.14. The molecule has 0 saturated carbocycles. The van der Waals surface area contributed by atoms with Crippen LogP contribution in [0.3, 0.4) is 0 Å². The molecule has 68 valence electrons. The summed E-state index contributed by atoms with van der Waals surface area (Å²) < 4.78 is 3.16. The van der Waals surface area contributed by atoms with Crippen molar-refractivity contribution in [2.24, 2.45) is 0 Å². The van der Waals surface area contributed by atoms with Gasteiger partial charge in [0.2, 0.25) is 5.77 Å². The highest BCUT2D eigenvalue weighted by molar-refractivity contribution is 7.08. The van der Waals surface area contributed by atoms with E-state index < -0.39 is 0 Å². The molecule has 0 unspecified atom stereocenters. The zero-order valence-electron chi connectivity index (χ0n) is 7.50. The first kappa shape index (κ1) is 9.68. The van der Waals surface area contributed by atoms with Crippen molar-refractivity contribution in [3.05, 3.63) is 39.8 Å². The van der Waals surface area contributed by atoms with E-state index in [4.69, 9.17) is 0 Å². The molecule has 0 aliphatic carbocycles. The van der Waals surface area contributed by atoms with E-state index in [1.165, 1.54) is 11.1 Å². The molecule has 2 aromatic heterocycles. The molecule has 2 heterocycles. The Morgan fingerprint density at radius 1 is 0.923 bits per heavy atom. The van der Waals surface area contributed by atoms with Gasteiger partial charge < -0.3 is 0 Å². The summed E-state index contributed by atoms with van der Waals surface area (Å²) in [6, 6.07) is 4.65. The summed E-state index contributed by atoms with van der Waals surface area (Å²) in [5, 5.41) is 4.49. The van der Waals surface area contributed by atoms with Crippen LogP contribution in [-0.4, -0.2) is 0 Å². The first-order valence-corrected chi connectivity index (χ1v) is 7.91. The number of thiophene rings is 2. The second-order valence-electron chi connectivity index (χ2n) is 2.95. The SMILES string of the molecule is Cc1csc([I+]c2cc(C)cs2)c1. The van der Waals surface area contributed by atoms with Gasteiger partial charge in [0.1, 0.15) is 0 Å². The normalized spacial score (nSPS) is 10.6. The van der Waals surface area contributed by atoms with Crippen molar-refractivity contribution in [1.29, 1.82) is 0 Å². The Morgan fingerprint density at radius 2 is 1.38 bits per heavy atom. The molecule has 0 aliphatic rings. The van der Waals surface area contributed by atoms with E-state index in [0.717, 1.165) is 0 Å². The molecule has 0 fully saturated rings. The fourth-order valence-electron chi connectivity index (χ4n) is 0.983. The highest BCUT2D eigenvalue weighted by Crippen LogP contribution is 2.05. The molecule has 0 amide bonds. The van der Waals surface area contributed by atoms with Gasteiger partial charge >= 0.3 is 21.2 Å². The fourth-order valence-corrected chi connectivity index (χ4v) is 7.10. The van der Waals surface area contributed by atoms with Crippen molar-refractivity contribution in [3.63, 3.8) is 0 Å². The maximum absolute atomic E-state index is 2.33. The summed E-state index contributed by atoms with van der Waals surface area (Å²) in [5.41, 5.74) is 2.82. The smallest absolute Gasteiger partial charge is 0.0960 e. The predicted octanol–water partition coefficient (Wildman–Crippen LogP) is 0.555. The average Bonchev–Trinajstić information content (AvgIpc) is 2.62. The third-order valence-electron chi connectivity index (χ3n) is 1.58. The van der Waals surface area contributed by atoms with Crippen LogP contribution in [0.1, 0.15) is 11.1 Å². The van der Waals surface area contributed by atoms with Crippen LogP contribution in [0.2, 0.25) is 0 Å². The lowest BCUT2D eigenvalue weighted by Crippen LogP contribution is -3.61. The maximum atomic E-state index is 2.33. The van der Waals surface area contributed by atoms with E-state index in [1.54, 1.807) is 5.77 Å². The van der Waals surface area contributed by atoms with Gasteiger partial charge in [0, 0.05) is 12.1 Å². The molecular weight excluding hydrogens is 311 g/mol.